The van der Waals surface area contributed by atoms with Crippen LogP contribution in [0.2, 0.25) is 10.0 Å². The van der Waals surface area contributed by atoms with Crippen LogP contribution in [0.3, 0.4) is 0 Å². The van der Waals surface area contributed by atoms with Crippen LogP contribution >= 0.6 is 23.2 Å². The third-order valence-electron chi connectivity index (χ3n) is 3.98. The zero-order valence-corrected chi connectivity index (χ0v) is 15.5. The molecule has 9 heteroatoms. The summed E-state index contributed by atoms with van der Waals surface area (Å²) in [6.45, 7) is 0. The highest BCUT2D eigenvalue weighted by Crippen LogP contribution is 2.32. The molecule has 27 heavy (non-hydrogen) atoms. The molecule has 1 aromatic carbocycles. The largest absolute Gasteiger partial charge is 0.319 e. The van der Waals surface area contributed by atoms with Crippen LogP contribution in [0.25, 0.3) is 22.3 Å². The van der Waals surface area contributed by atoms with Gasteiger partial charge in [0.15, 0.2) is 5.65 Å². The predicted molar refractivity (Wildman–Crippen MR) is 104 cm³/mol. The average Bonchev–Trinajstić information content (AvgIpc) is 3.03. The Bertz CT molecular complexity index is 1160. The topological polar surface area (TPSA) is 85.6 Å². The van der Waals surface area contributed by atoms with E-state index in [-0.39, 0.29) is 5.91 Å². The van der Waals surface area contributed by atoms with Crippen LogP contribution in [0, 0.1) is 0 Å². The molecule has 0 spiro atoms. The van der Waals surface area contributed by atoms with Crippen molar-refractivity contribution >= 4 is 45.8 Å². The molecule has 0 radical (unpaired) electrons. The van der Waals surface area contributed by atoms with Gasteiger partial charge in [0.05, 0.1) is 45.9 Å². The molecule has 4 rings (SSSR count). The second-order valence-corrected chi connectivity index (χ2v) is 6.61. The number of carbonyl (C=O) groups is 1. The Morgan fingerprint density at radius 3 is 2.63 bits per heavy atom. The lowest BCUT2D eigenvalue weighted by Crippen LogP contribution is -2.13. The highest BCUT2D eigenvalue weighted by molar-refractivity contribution is 6.36. The predicted octanol–water partition coefficient (Wildman–Crippen LogP) is 3.98. The van der Waals surface area contributed by atoms with E-state index in [1.165, 1.54) is 18.7 Å². The van der Waals surface area contributed by atoms with Crippen LogP contribution < -0.4 is 5.32 Å². The van der Waals surface area contributed by atoms with E-state index >= 15 is 0 Å². The molecule has 3 aromatic heterocycles. The molecule has 0 aliphatic rings. The normalized spacial score (nSPS) is 10.9. The second kappa shape index (κ2) is 6.94. The van der Waals surface area contributed by atoms with E-state index in [9.17, 15) is 4.79 Å². The Balaban J connectivity index is 1.85. The summed E-state index contributed by atoms with van der Waals surface area (Å²) in [5.41, 5.74) is 2.68. The number of nitrogens with one attached hydrogen (secondary N) is 1. The smallest absolute Gasteiger partial charge is 0.256 e. The molecule has 3 heterocycles. The second-order valence-electron chi connectivity index (χ2n) is 5.77. The van der Waals surface area contributed by atoms with Gasteiger partial charge in [-0.05, 0) is 24.3 Å². The first-order valence-corrected chi connectivity index (χ1v) is 8.63. The van der Waals surface area contributed by atoms with Gasteiger partial charge in [-0.15, -0.1) is 0 Å². The van der Waals surface area contributed by atoms with Gasteiger partial charge in [0.2, 0.25) is 0 Å². The summed E-state index contributed by atoms with van der Waals surface area (Å²) in [6.07, 6.45) is 6.03. The van der Waals surface area contributed by atoms with Crippen molar-refractivity contribution in [3.63, 3.8) is 0 Å². The zero-order chi connectivity index (χ0) is 19.0. The summed E-state index contributed by atoms with van der Waals surface area (Å²) in [4.78, 5) is 25.3. The van der Waals surface area contributed by atoms with Crippen molar-refractivity contribution in [3.8, 4) is 11.3 Å². The maximum atomic E-state index is 12.9. The number of anilines is 1. The molecule has 134 valence electrons. The van der Waals surface area contributed by atoms with E-state index in [2.05, 4.69) is 25.4 Å². The monoisotopic (exact) mass is 398 g/mol. The molecule has 0 fully saturated rings. The number of amides is 1. The third-order valence-corrected chi connectivity index (χ3v) is 4.52. The number of pyridine rings is 1. The molecular weight excluding hydrogens is 387 g/mol. The van der Waals surface area contributed by atoms with Gasteiger partial charge in [-0.25, -0.2) is 15.0 Å². The third kappa shape index (κ3) is 3.34. The van der Waals surface area contributed by atoms with Crippen molar-refractivity contribution in [2.24, 2.45) is 7.05 Å². The summed E-state index contributed by atoms with van der Waals surface area (Å²) in [5.74, 6) is -0.323. The van der Waals surface area contributed by atoms with E-state index in [1.54, 1.807) is 42.2 Å². The van der Waals surface area contributed by atoms with Crippen molar-refractivity contribution in [2.75, 3.05) is 5.32 Å². The van der Waals surface area contributed by atoms with Crippen molar-refractivity contribution in [1.82, 2.24) is 24.7 Å². The molecule has 0 atom stereocenters. The van der Waals surface area contributed by atoms with E-state index < -0.39 is 0 Å². The summed E-state index contributed by atoms with van der Waals surface area (Å²) in [7, 11) is 1.76. The summed E-state index contributed by atoms with van der Waals surface area (Å²) in [5, 5.41) is 8.58. The quantitative estimate of drug-likeness (QED) is 0.563. The Labute approximate surface area is 164 Å². The SMILES string of the molecule is Cn1ncc2c(C(=O)Nc3cncnc3)cc(-c3ccc(Cl)cc3Cl)nc21. The zero-order valence-electron chi connectivity index (χ0n) is 14.0. The molecule has 0 aliphatic heterocycles. The Morgan fingerprint density at radius 1 is 1.11 bits per heavy atom. The van der Waals surface area contributed by atoms with Gasteiger partial charge < -0.3 is 5.32 Å². The highest BCUT2D eigenvalue weighted by atomic mass is 35.5. The first-order valence-electron chi connectivity index (χ1n) is 7.87. The van der Waals surface area contributed by atoms with Crippen LogP contribution in [0.4, 0.5) is 5.69 Å². The summed E-state index contributed by atoms with van der Waals surface area (Å²) >= 11 is 12.3. The van der Waals surface area contributed by atoms with Crippen LogP contribution in [0.1, 0.15) is 10.4 Å². The molecule has 0 bridgehead atoms. The Hall–Kier alpha value is -3.03. The van der Waals surface area contributed by atoms with Crippen molar-refractivity contribution in [2.45, 2.75) is 0 Å². The summed E-state index contributed by atoms with van der Waals surface area (Å²) in [6, 6.07) is 6.80. The fraction of sp³-hybridized carbons (Fsp3) is 0.0556. The fourth-order valence-electron chi connectivity index (χ4n) is 2.70. The van der Waals surface area contributed by atoms with Crippen molar-refractivity contribution in [1.29, 1.82) is 0 Å². The molecular formula is C18H12Cl2N6O. The first-order chi connectivity index (χ1) is 13.0. The van der Waals surface area contributed by atoms with Gasteiger partial charge >= 0.3 is 0 Å². The lowest BCUT2D eigenvalue weighted by Gasteiger charge is -2.10. The van der Waals surface area contributed by atoms with Gasteiger partial charge in [0.1, 0.15) is 6.33 Å². The van der Waals surface area contributed by atoms with Crippen molar-refractivity contribution < 1.29 is 4.79 Å². The van der Waals surface area contributed by atoms with Crippen LogP contribution in [0.15, 0.2) is 49.2 Å². The lowest BCUT2D eigenvalue weighted by molar-refractivity contribution is 0.102. The van der Waals surface area contributed by atoms with E-state index in [1.807, 2.05) is 0 Å². The number of nitrogens with zero attached hydrogens (tertiary/aromatic N) is 5. The standard InChI is InChI=1S/C18H12Cl2N6O/c1-26-17-14(8-23-26)13(18(27)24-11-6-21-9-22-7-11)5-16(25-17)12-3-2-10(19)4-15(12)20/h2-9H,1H3,(H,24,27). The fourth-order valence-corrected chi connectivity index (χ4v) is 3.20. The van der Waals surface area contributed by atoms with E-state index in [4.69, 9.17) is 23.2 Å². The van der Waals surface area contributed by atoms with Crippen LogP contribution in [-0.2, 0) is 7.05 Å². The number of hydrogen-bond acceptors (Lipinski definition) is 5. The number of aromatic nitrogens is 5. The van der Waals surface area contributed by atoms with Gasteiger partial charge in [0, 0.05) is 17.6 Å². The Kier molecular flexibility index (Phi) is 4.47. The number of fused-ring (bicyclic) bond motifs is 1. The molecule has 0 saturated heterocycles. The number of aryl methyl sites for hydroxylation is 1. The molecule has 4 aromatic rings. The minimum absolute atomic E-state index is 0.323. The maximum Gasteiger partial charge on any atom is 0.256 e. The average molecular weight is 399 g/mol. The number of hydrogen-bond donors (Lipinski definition) is 1. The number of carbonyl (C=O) groups excluding carboxylic acids is 1. The van der Waals surface area contributed by atoms with Crippen LogP contribution in [-0.4, -0.2) is 30.6 Å². The molecule has 1 amide bonds. The molecule has 0 unspecified atom stereocenters. The molecule has 1 N–H and O–H groups in total. The van der Waals surface area contributed by atoms with Crippen LogP contribution in [0.5, 0.6) is 0 Å². The van der Waals surface area contributed by atoms with Gasteiger partial charge in [0.25, 0.3) is 5.91 Å². The first kappa shape index (κ1) is 17.4. The van der Waals surface area contributed by atoms with Gasteiger partial charge in [-0.1, -0.05) is 23.2 Å². The number of rotatable bonds is 3. The highest BCUT2D eigenvalue weighted by Gasteiger charge is 2.18. The van der Waals surface area contributed by atoms with Gasteiger partial charge in [-0.2, -0.15) is 5.10 Å². The minimum Gasteiger partial charge on any atom is -0.319 e. The molecule has 7 nitrogen and oxygen atoms in total. The lowest BCUT2D eigenvalue weighted by atomic mass is 10.1. The number of benzene rings is 1. The summed E-state index contributed by atoms with van der Waals surface area (Å²) < 4.78 is 1.60. The van der Waals surface area contributed by atoms with Gasteiger partial charge in [-0.3, -0.25) is 9.48 Å². The number of halogens is 2. The Morgan fingerprint density at radius 2 is 1.89 bits per heavy atom. The molecule has 0 saturated carbocycles. The van der Waals surface area contributed by atoms with Crippen molar-refractivity contribution in [3.05, 3.63) is 64.8 Å². The minimum atomic E-state index is -0.323. The van der Waals surface area contributed by atoms with E-state index in [0.29, 0.717) is 43.6 Å². The maximum absolute atomic E-state index is 12.9. The molecule has 0 aliphatic carbocycles. The van der Waals surface area contributed by atoms with E-state index in [0.717, 1.165) is 0 Å².